The van der Waals surface area contributed by atoms with Gasteiger partial charge < -0.3 is 28.7 Å². The Morgan fingerprint density at radius 3 is 2.31 bits per heavy atom. The van der Waals surface area contributed by atoms with Gasteiger partial charge in [0, 0.05) is 6.42 Å². The molecule has 32 heavy (non-hydrogen) atoms. The fraction of sp³-hybridized carbons (Fsp3) is 0.652. The van der Waals surface area contributed by atoms with E-state index in [0.29, 0.717) is 6.42 Å². The lowest BCUT2D eigenvalue weighted by atomic mass is 9.81. The number of ether oxygens (including phenoxy) is 4. The van der Waals surface area contributed by atoms with Crippen molar-refractivity contribution in [3.8, 4) is 0 Å². The molecule has 3 saturated heterocycles. The molecule has 1 amide bonds. The summed E-state index contributed by atoms with van der Waals surface area (Å²) in [5, 5.41) is 2.97. The van der Waals surface area contributed by atoms with Gasteiger partial charge in [0.05, 0.1) is 6.04 Å². The maximum absolute atomic E-state index is 12.6. The first-order chi connectivity index (χ1) is 15.4. The molecule has 1 aromatic rings. The first-order valence-electron chi connectivity index (χ1n) is 11.6. The average molecular weight is 462 g/mol. The van der Waals surface area contributed by atoms with Gasteiger partial charge >= 0.3 is 6.09 Å². The molecule has 0 radical (unpaired) electrons. The lowest BCUT2D eigenvalue weighted by Gasteiger charge is -2.34. The van der Waals surface area contributed by atoms with E-state index in [0.717, 1.165) is 23.7 Å². The van der Waals surface area contributed by atoms with E-state index >= 15 is 0 Å². The number of hydrogen-bond donors (Lipinski definition) is 1. The Morgan fingerprint density at radius 2 is 1.72 bits per heavy atom. The molecule has 1 aliphatic carbocycles. The van der Waals surface area contributed by atoms with Crippen LogP contribution in [0.4, 0.5) is 4.79 Å². The molecule has 8 nitrogen and oxygen atoms in total. The number of hydrogen-bond acceptors (Lipinski definition) is 7. The summed E-state index contributed by atoms with van der Waals surface area (Å²) in [4.78, 5) is 24.9. The third-order valence-electron chi connectivity index (χ3n) is 7.53. The van der Waals surface area contributed by atoms with E-state index in [-0.39, 0.29) is 24.6 Å². The summed E-state index contributed by atoms with van der Waals surface area (Å²) < 4.78 is 30.0. The highest BCUT2D eigenvalue weighted by Gasteiger charge is 2.79. The van der Waals surface area contributed by atoms with Crippen LogP contribution in [-0.4, -0.2) is 62.5 Å². The fourth-order valence-electron chi connectivity index (χ4n) is 5.26. The summed E-state index contributed by atoms with van der Waals surface area (Å²) >= 11 is 0. The highest BCUT2D eigenvalue weighted by molar-refractivity contribution is 6.73. The highest BCUT2D eigenvalue weighted by Crippen LogP contribution is 2.57. The monoisotopic (exact) mass is 461 g/mol. The fourth-order valence-corrected chi connectivity index (χ4v) is 7.97. The molecule has 5 rings (SSSR count). The van der Waals surface area contributed by atoms with E-state index < -0.39 is 44.6 Å². The topological polar surface area (TPSA) is 98.9 Å². The van der Waals surface area contributed by atoms with Gasteiger partial charge in [0.25, 0.3) is 0 Å². The predicted octanol–water partition coefficient (Wildman–Crippen LogP) is 2.91. The van der Waals surface area contributed by atoms with Gasteiger partial charge in [0.1, 0.15) is 36.6 Å². The summed E-state index contributed by atoms with van der Waals surface area (Å²) in [7, 11) is -2.02. The number of ketones is 1. The van der Waals surface area contributed by atoms with Crippen molar-refractivity contribution in [1.82, 2.24) is 5.32 Å². The maximum Gasteiger partial charge on any atom is 0.407 e. The molecule has 174 valence electrons. The van der Waals surface area contributed by atoms with Crippen molar-refractivity contribution in [3.05, 3.63) is 35.9 Å². The van der Waals surface area contributed by atoms with Gasteiger partial charge in [-0.15, -0.1) is 0 Å². The number of Topliss-reactive ketones (excluding diaryl/α,β-unsaturated/α-hetero) is 1. The lowest BCUT2D eigenvalue weighted by molar-refractivity contribution is -0.151. The third kappa shape index (κ3) is 3.69. The molecule has 1 spiro atoms. The SMILES string of the molecule is CC[Si](CC)(CC)O[C@@H]1OC2(C[C@@H]1NC(=O)OCc1ccccc1)[C@@H]1O[C@@H]1C(=O)[C@@H]1O[C@@H]12. The molecule has 3 aliphatic heterocycles. The quantitative estimate of drug-likeness (QED) is 0.469. The smallest absolute Gasteiger partial charge is 0.407 e. The minimum Gasteiger partial charge on any atom is -0.445 e. The Bertz CT molecular complexity index is 848. The summed E-state index contributed by atoms with van der Waals surface area (Å²) in [6, 6.07) is 12.0. The van der Waals surface area contributed by atoms with Gasteiger partial charge in [-0.1, -0.05) is 51.1 Å². The zero-order valence-electron chi connectivity index (χ0n) is 18.7. The standard InChI is InChI=1S/C23H31NO7Si/c1-4-32(5-2,6-3)31-21-15(24-22(26)27-13-14-10-8-7-9-11-14)12-23(30-21)19-17(28-19)16(25)18-20(23)29-18/h7-11,15,17-21H,4-6,12-13H2,1-3H3,(H,24,26)/t15-,17-,18+,19-,20+,21-,23?/m0/s1. The first kappa shape index (κ1) is 22.0. The number of amides is 1. The van der Waals surface area contributed by atoms with Crippen molar-refractivity contribution < 1.29 is 33.0 Å². The molecule has 1 unspecified atom stereocenters. The zero-order chi connectivity index (χ0) is 22.5. The highest BCUT2D eigenvalue weighted by atomic mass is 28.4. The predicted molar refractivity (Wildman–Crippen MR) is 116 cm³/mol. The summed E-state index contributed by atoms with van der Waals surface area (Å²) in [6.45, 7) is 6.64. The second-order valence-electron chi connectivity index (χ2n) is 9.18. The van der Waals surface area contributed by atoms with Crippen LogP contribution in [0.2, 0.25) is 18.1 Å². The van der Waals surface area contributed by atoms with Crippen LogP contribution in [0.3, 0.4) is 0 Å². The number of nitrogens with one attached hydrogen (secondary N) is 1. The number of alkyl carbamates (subject to hydrolysis) is 1. The zero-order valence-corrected chi connectivity index (χ0v) is 19.7. The number of benzene rings is 1. The minimum atomic E-state index is -2.02. The molecule has 4 aliphatic rings. The number of fused-ring (bicyclic) bond motifs is 4. The van der Waals surface area contributed by atoms with Crippen LogP contribution in [0.5, 0.6) is 0 Å². The van der Waals surface area contributed by atoms with Crippen molar-refractivity contribution in [2.45, 2.75) is 94.3 Å². The molecule has 7 atom stereocenters. The van der Waals surface area contributed by atoms with Crippen molar-refractivity contribution >= 4 is 20.2 Å². The van der Waals surface area contributed by atoms with Crippen LogP contribution in [-0.2, 0) is 34.8 Å². The van der Waals surface area contributed by atoms with Gasteiger partial charge in [-0.25, -0.2) is 4.79 Å². The number of carbonyl (C=O) groups excluding carboxylic acids is 2. The van der Waals surface area contributed by atoms with Crippen molar-refractivity contribution in [2.24, 2.45) is 0 Å². The van der Waals surface area contributed by atoms with E-state index in [1.54, 1.807) is 0 Å². The Morgan fingerprint density at radius 1 is 1.09 bits per heavy atom. The van der Waals surface area contributed by atoms with Crippen LogP contribution >= 0.6 is 0 Å². The Hall–Kier alpha value is -1.78. The normalized spacial score (nSPS) is 37.0. The Labute approximate surface area is 189 Å². The summed E-state index contributed by atoms with van der Waals surface area (Å²) in [6.07, 6.45) is -2.26. The van der Waals surface area contributed by atoms with Crippen molar-refractivity contribution in [1.29, 1.82) is 0 Å². The van der Waals surface area contributed by atoms with Gasteiger partial charge in [0.15, 0.2) is 20.4 Å². The van der Waals surface area contributed by atoms with Gasteiger partial charge in [-0.05, 0) is 23.7 Å². The largest absolute Gasteiger partial charge is 0.445 e. The average Bonchev–Trinajstić information content (AvgIpc) is 3.73. The Balaban J connectivity index is 1.31. The van der Waals surface area contributed by atoms with Gasteiger partial charge in [-0.3, -0.25) is 4.79 Å². The molecule has 0 bridgehead atoms. The maximum atomic E-state index is 12.6. The van der Waals surface area contributed by atoms with E-state index in [2.05, 4.69) is 26.1 Å². The summed E-state index contributed by atoms with van der Waals surface area (Å²) in [5.74, 6) is 0.00442. The van der Waals surface area contributed by atoms with Crippen LogP contribution in [0, 0.1) is 0 Å². The molecule has 4 fully saturated rings. The van der Waals surface area contributed by atoms with Crippen LogP contribution in [0.15, 0.2) is 30.3 Å². The lowest BCUT2D eigenvalue weighted by Crippen LogP contribution is -2.50. The van der Waals surface area contributed by atoms with E-state index in [1.165, 1.54) is 0 Å². The van der Waals surface area contributed by atoms with E-state index in [1.807, 2.05) is 30.3 Å². The molecule has 1 aromatic carbocycles. The molecule has 0 aromatic heterocycles. The molecule has 3 heterocycles. The molecule has 9 heteroatoms. The van der Waals surface area contributed by atoms with E-state index in [9.17, 15) is 9.59 Å². The third-order valence-corrected chi connectivity index (χ3v) is 12.1. The van der Waals surface area contributed by atoms with Crippen LogP contribution < -0.4 is 5.32 Å². The second kappa shape index (κ2) is 8.21. The Kier molecular flexibility index (Phi) is 5.66. The van der Waals surface area contributed by atoms with Crippen molar-refractivity contribution in [2.75, 3.05) is 0 Å². The van der Waals surface area contributed by atoms with Crippen LogP contribution in [0.25, 0.3) is 0 Å². The molecule has 1 N–H and O–H groups in total. The van der Waals surface area contributed by atoms with Crippen molar-refractivity contribution in [3.63, 3.8) is 0 Å². The van der Waals surface area contributed by atoms with Gasteiger partial charge in [-0.2, -0.15) is 0 Å². The first-order valence-corrected chi connectivity index (χ1v) is 14.2. The van der Waals surface area contributed by atoms with E-state index in [4.69, 9.17) is 23.4 Å². The molecule has 1 saturated carbocycles. The number of rotatable bonds is 8. The number of carbonyl (C=O) groups is 2. The number of epoxide rings is 2. The van der Waals surface area contributed by atoms with Gasteiger partial charge in [0.2, 0.25) is 0 Å². The van der Waals surface area contributed by atoms with Crippen LogP contribution in [0.1, 0.15) is 32.8 Å². The molecular weight excluding hydrogens is 430 g/mol. The minimum absolute atomic E-state index is 0.00442. The second-order valence-corrected chi connectivity index (χ2v) is 13.9. The summed E-state index contributed by atoms with van der Waals surface area (Å²) in [5.41, 5.74) is 0.152. The molecular formula is C23H31NO7Si.